The van der Waals surface area contributed by atoms with Gasteiger partial charge in [-0.1, -0.05) is 13.8 Å². The number of aromatic nitrogens is 2. The molecule has 0 spiro atoms. The molecule has 0 aromatic carbocycles. The van der Waals surface area contributed by atoms with E-state index in [0.717, 1.165) is 0 Å². The molecule has 1 aromatic heterocycles. The van der Waals surface area contributed by atoms with Gasteiger partial charge < -0.3 is 5.73 Å². The maximum Gasteiger partial charge on any atom is 0.349 e. The van der Waals surface area contributed by atoms with E-state index in [1.54, 1.807) is 12.3 Å². The van der Waals surface area contributed by atoms with Gasteiger partial charge in [-0.05, 0) is 13.0 Å². The largest absolute Gasteiger partial charge is 0.383 e. The quantitative estimate of drug-likeness (QED) is 0.678. The molecule has 0 saturated carbocycles. The highest BCUT2D eigenvalue weighted by Crippen LogP contribution is 1.87. The molecular formula is C8H15N3O. The Balaban J connectivity index is 0.000000561. The molecule has 1 aromatic rings. The fourth-order valence-corrected chi connectivity index (χ4v) is 0.683. The molecule has 1 rings (SSSR count). The molecule has 0 unspecified atom stereocenters. The number of nitrogen functional groups attached to an aromatic ring is 1. The second kappa shape index (κ2) is 5.35. The summed E-state index contributed by atoms with van der Waals surface area (Å²) in [6.07, 6.45) is 1.63. The van der Waals surface area contributed by atoms with Crippen LogP contribution < -0.4 is 11.4 Å². The van der Waals surface area contributed by atoms with Crippen LogP contribution in [0.2, 0.25) is 0 Å². The second-order valence-electron chi connectivity index (χ2n) is 1.92. The van der Waals surface area contributed by atoms with Crippen LogP contribution >= 0.6 is 0 Å². The summed E-state index contributed by atoms with van der Waals surface area (Å²) in [4.78, 5) is 14.4. The minimum Gasteiger partial charge on any atom is -0.383 e. The Morgan fingerprint density at radius 2 is 2.17 bits per heavy atom. The number of nitrogens with two attached hydrogens (primary N) is 1. The van der Waals surface area contributed by atoms with Crippen molar-refractivity contribution in [3.8, 4) is 0 Å². The van der Waals surface area contributed by atoms with E-state index in [4.69, 9.17) is 5.73 Å². The SMILES string of the molecule is CC.CCn1ccc(N)nc1=O. The molecule has 4 nitrogen and oxygen atoms in total. The lowest BCUT2D eigenvalue weighted by Gasteiger charge is -1.97. The number of hydrogen-bond donors (Lipinski definition) is 1. The molecule has 0 radical (unpaired) electrons. The van der Waals surface area contributed by atoms with Gasteiger partial charge in [0, 0.05) is 12.7 Å². The van der Waals surface area contributed by atoms with Crippen molar-refractivity contribution in [2.24, 2.45) is 0 Å². The second-order valence-corrected chi connectivity index (χ2v) is 1.92. The molecule has 0 amide bonds. The Kier molecular flexibility index (Phi) is 4.76. The van der Waals surface area contributed by atoms with Crippen LogP contribution in [0.3, 0.4) is 0 Å². The minimum atomic E-state index is -0.289. The van der Waals surface area contributed by atoms with E-state index in [1.807, 2.05) is 20.8 Å². The van der Waals surface area contributed by atoms with Crippen molar-refractivity contribution in [2.45, 2.75) is 27.3 Å². The van der Waals surface area contributed by atoms with Gasteiger partial charge in [-0.15, -0.1) is 0 Å². The molecule has 12 heavy (non-hydrogen) atoms. The zero-order valence-electron chi connectivity index (χ0n) is 7.74. The first-order valence-electron chi connectivity index (χ1n) is 4.07. The fraction of sp³-hybridized carbons (Fsp3) is 0.500. The van der Waals surface area contributed by atoms with Gasteiger partial charge in [0.2, 0.25) is 0 Å². The van der Waals surface area contributed by atoms with Gasteiger partial charge in [0.1, 0.15) is 5.82 Å². The van der Waals surface area contributed by atoms with E-state index in [1.165, 1.54) is 4.57 Å². The van der Waals surface area contributed by atoms with Gasteiger partial charge in [-0.2, -0.15) is 4.98 Å². The van der Waals surface area contributed by atoms with Gasteiger partial charge in [0.15, 0.2) is 0 Å². The van der Waals surface area contributed by atoms with E-state index < -0.39 is 0 Å². The summed E-state index contributed by atoms with van der Waals surface area (Å²) < 4.78 is 1.48. The van der Waals surface area contributed by atoms with Crippen molar-refractivity contribution in [1.29, 1.82) is 0 Å². The number of aryl methyl sites for hydroxylation is 1. The normalized spacial score (nSPS) is 8.58. The molecule has 0 atom stereocenters. The topological polar surface area (TPSA) is 60.9 Å². The predicted octanol–water partition coefficient (Wildman–Crippen LogP) is 0.872. The van der Waals surface area contributed by atoms with Gasteiger partial charge in [0.25, 0.3) is 0 Å². The molecule has 0 aliphatic carbocycles. The van der Waals surface area contributed by atoms with Crippen LogP contribution in [0.4, 0.5) is 5.82 Å². The van der Waals surface area contributed by atoms with Gasteiger partial charge in [-0.25, -0.2) is 4.79 Å². The van der Waals surface area contributed by atoms with Crippen molar-refractivity contribution < 1.29 is 0 Å². The first-order valence-corrected chi connectivity index (χ1v) is 4.07. The van der Waals surface area contributed by atoms with Crippen molar-refractivity contribution in [3.05, 3.63) is 22.7 Å². The number of rotatable bonds is 1. The number of hydrogen-bond acceptors (Lipinski definition) is 3. The number of anilines is 1. The molecule has 0 aliphatic heterocycles. The maximum atomic E-state index is 10.8. The molecule has 4 heteroatoms. The summed E-state index contributed by atoms with van der Waals surface area (Å²) in [7, 11) is 0. The summed E-state index contributed by atoms with van der Waals surface area (Å²) >= 11 is 0. The predicted molar refractivity (Wildman–Crippen MR) is 49.9 cm³/mol. The van der Waals surface area contributed by atoms with Gasteiger partial charge in [-0.3, -0.25) is 4.57 Å². The van der Waals surface area contributed by atoms with Crippen LogP contribution in [-0.4, -0.2) is 9.55 Å². The Labute approximate surface area is 72.0 Å². The summed E-state index contributed by atoms with van der Waals surface area (Å²) in [6.45, 7) is 6.51. The van der Waals surface area contributed by atoms with Crippen molar-refractivity contribution in [1.82, 2.24) is 9.55 Å². The average Bonchev–Trinajstić information content (AvgIpc) is 2.08. The van der Waals surface area contributed by atoms with E-state index in [0.29, 0.717) is 6.54 Å². The summed E-state index contributed by atoms with van der Waals surface area (Å²) in [5.41, 5.74) is 4.97. The smallest absolute Gasteiger partial charge is 0.349 e. The molecule has 68 valence electrons. The van der Waals surface area contributed by atoms with E-state index in [-0.39, 0.29) is 11.5 Å². The third-order valence-electron chi connectivity index (χ3n) is 1.24. The highest BCUT2D eigenvalue weighted by molar-refractivity contribution is 5.23. The third kappa shape index (κ3) is 2.74. The van der Waals surface area contributed by atoms with Gasteiger partial charge >= 0.3 is 5.69 Å². The van der Waals surface area contributed by atoms with Crippen LogP contribution in [0, 0.1) is 0 Å². The van der Waals surface area contributed by atoms with Crippen molar-refractivity contribution in [2.75, 3.05) is 5.73 Å². The lowest BCUT2D eigenvalue weighted by molar-refractivity contribution is 0.701. The Morgan fingerprint density at radius 1 is 1.58 bits per heavy atom. The lowest BCUT2D eigenvalue weighted by Crippen LogP contribution is -2.21. The zero-order valence-corrected chi connectivity index (χ0v) is 7.74. The maximum absolute atomic E-state index is 10.8. The summed E-state index contributed by atoms with van der Waals surface area (Å²) in [5, 5.41) is 0. The minimum absolute atomic E-state index is 0.273. The average molecular weight is 169 g/mol. The first kappa shape index (κ1) is 10.7. The van der Waals surface area contributed by atoms with E-state index in [9.17, 15) is 4.79 Å². The fourth-order valence-electron chi connectivity index (χ4n) is 0.683. The zero-order chi connectivity index (χ0) is 9.56. The summed E-state index contributed by atoms with van der Waals surface area (Å²) in [5.74, 6) is 0.273. The highest BCUT2D eigenvalue weighted by Gasteiger charge is 1.92. The Hall–Kier alpha value is -1.32. The molecule has 2 N–H and O–H groups in total. The molecule has 0 saturated heterocycles. The van der Waals surface area contributed by atoms with E-state index in [2.05, 4.69) is 4.98 Å². The third-order valence-corrected chi connectivity index (χ3v) is 1.24. The molecule has 0 aliphatic rings. The van der Waals surface area contributed by atoms with E-state index >= 15 is 0 Å². The highest BCUT2D eigenvalue weighted by atomic mass is 16.1. The number of nitrogens with zero attached hydrogens (tertiary/aromatic N) is 2. The molecule has 1 heterocycles. The molecular weight excluding hydrogens is 154 g/mol. The standard InChI is InChI=1S/C6H9N3O.C2H6/c1-2-9-4-3-5(7)8-6(9)10;1-2/h3-4H,2H2,1H3,(H2,7,8,10);1-2H3. The van der Waals surface area contributed by atoms with Crippen LogP contribution in [0.5, 0.6) is 0 Å². The Bertz CT molecular complexity index is 280. The monoisotopic (exact) mass is 169 g/mol. The van der Waals surface area contributed by atoms with Crippen LogP contribution in [0.25, 0.3) is 0 Å². The molecule has 0 bridgehead atoms. The first-order chi connectivity index (χ1) is 5.74. The van der Waals surface area contributed by atoms with Crippen LogP contribution in [0.1, 0.15) is 20.8 Å². The van der Waals surface area contributed by atoms with Crippen LogP contribution in [0.15, 0.2) is 17.1 Å². The molecule has 0 fully saturated rings. The van der Waals surface area contributed by atoms with Crippen molar-refractivity contribution >= 4 is 5.82 Å². The summed E-state index contributed by atoms with van der Waals surface area (Å²) in [6, 6.07) is 1.60. The Morgan fingerprint density at radius 3 is 2.58 bits per heavy atom. The van der Waals surface area contributed by atoms with Crippen molar-refractivity contribution in [3.63, 3.8) is 0 Å². The van der Waals surface area contributed by atoms with Gasteiger partial charge in [0.05, 0.1) is 0 Å². The van der Waals surface area contributed by atoms with Crippen LogP contribution in [-0.2, 0) is 6.54 Å². The lowest BCUT2D eigenvalue weighted by atomic mass is 10.6.